The lowest BCUT2D eigenvalue weighted by Crippen LogP contribution is -2.33. The number of hydrogen-bond donors (Lipinski definition) is 1. The van der Waals surface area contributed by atoms with Crippen molar-refractivity contribution in [2.75, 3.05) is 32.8 Å². The lowest BCUT2D eigenvalue weighted by atomic mass is 9.79. The van der Waals surface area contributed by atoms with E-state index in [9.17, 15) is 5.11 Å². The Morgan fingerprint density at radius 2 is 1.42 bits per heavy atom. The van der Waals surface area contributed by atoms with Crippen molar-refractivity contribution in [2.24, 2.45) is 0 Å². The quantitative estimate of drug-likeness (QED) is 0.452. The Kier molecular flexibility index (Phi) is 7.21. The van der Waals surface area contributed by atoms with Crippen LogP contribution in [0.3, 0.4) is 0 Å². The molecule has 1 N–H and O–H groups in total. The van der Waals surface area contributed by atoms with Crippen LogP contribution in [-0.2, 0) is 12.0 Å². The van der Waals surface area contributed by atoms with Gasteiger partial charge in [-0.2, -0.15) is 0 Å². The number of likely N-dealkylation sites (N-methyl/N-ethyl adjacent to an activating group) is 1. The predicted molar refractivity (Wildman–Crippen MR) is 131 cm³/mol. The van der Waals surface area contributed by atoms with Crippen LogP contribution >= 0.6 is 0 Å². The van der Waals surface area contributed by atoms with E-state index < -0.39 is 5.60 Å². The van der Waals surface area contributed by atoms with Crippen LogP contribution in [0.1, 0.15) is 37.5 Å². The highest BCUT2D eigenvalue weighted by molar-refractivity contribution is 5.59. The van der Waals surface area contributed by atoms with E-state index in [1.807, 2.05) is 73.7 Å². The Morgan fingerprint density at radius 3 is 2.00 bits per heavy atom. The van der Waals surface area contributed by atoms with E-state index >= 15 is 0 Å². The second-order valence-corrected chi connectivity index (χ2v) is 8.25. The molecule has 3 aromatic rings. The lowest BCUT2D eigenvalue weighted by Gasteiger charge is -2.36. The summed E-state index contributed by atoms with van der Waals surface area (Å²) in [6.45, 7) is 10.3. The van der Waals surface area contributed by atoms with Gasteiger partial charge in [0, 0.05) is 36.2 Å². The SMILES string of the molecule is CCOc1ccc2c(c1)Oc1cc(OCCN(CC)CC)ccc1C2(O)Cc1ccccc1. The molecule has 1 aliphatic heterocycles. The third kappa shape index (κ3) is 5.00. The summed E-state index contributed by atoms with van der Waals surface area (Å²) >= 11 is 0. The lowest BCUT2D eigenvalue weighted by molar-refractivity contribution is 0.0696. The Hall–Kier alpha value is -3.02. The summed E-state index contributed by atoms with van der Waals surface area (Å²) in [5.41, 5.74) is 1.29. The second-order valence-electron chi connectivity index (χ2n) is 8.25. The fraction of sp³-hybridized carbons (Fsp3) is 0.357. The topological polar surface area (TPSA) is 51.2 Å². The van der Waals surface area contributed by atoms with Crippen molar-refractivity contribution in [3.05, 3.63) is 83.4 Å². The predicted octanol–water partition coefficient (Wildman–Crippen LogP) is 5.39. The van der Waals surface area contributed by atoms with Gasteiger partial charge in [0.25, 0.3) is 0 Å². The van der Waals surface area contributed by atoms with Gasteiger partial charge in [-0.05, 0) is 49.8 Å². The largest absolute Gasteiger partial charge is 0.494 e. The number of hydrogen-bond acceptors (Lipinski definition) is 5. The highest BCUT2D eigenvalue weighted by Gasteiger charge is 2.41. The maximum absolute atomic E-state index is 12.1. The zero-order valence-corrected chi connectivity index (χ0v) is 19.7. The highest BCUT2D eigenvalue weighted by atomic mass is 16.5. The molecule has 0 fully saturated rings. The summed E-state index contributed by atoms with van der Waals surface area (Å²) in [4.78, 5) is 2.32. The summed E-state index contributed by atoms with van der Waals surface area (Å²) in [7, 11) is 0. The minimum Gasteiger partial charge on any atom is -0.494 e. The van der Waals surface area contributed by atoms with Crippen molar-refractivity contribution >= 4 is 0 Å². The fourth-order valence-electron chi connectivity index (χ4n) is 4.38. The van der Waals surface area contributed by atoms with Crippen molar-refractivity contribution in [3.63, 3.8) is 0 Å². The molecular weight excluding hydrogens is 414 g/mol. The molecular formula is C28H33NO4. The Balaban J connectivity index is 1.67. The molecule has 1 atom stereocenters. The van der Waals surface area contributed by atoms with E-state index in [0.717, 1.165) is 42.1 Å². The van der Waals surface area contributed by atoms with E-state index in [4.69, 9.17) is 14.2 Å². The molecule has 1 heterocycles. The summed E-state index contributed by atoms with van der Waals surface area (Å²) in [5, 5.41) is 12.1. The van der Waals surface area contributed by atoms with Gasteiger partial charge in [-0.15, -0.1) is 0 Å². The average Bonchev–Trinajstić information content (AvgIpc) is 2.82. The summed E-state index contributed by atoms with van der Waals surface area (Å²) in [6, 6.07) is 21.4. The van der Waals surface area contributed by atoms with Crippen LogP contribution in [0.2, 0.25) is 0 Å². The third-order valence-electron chi connectivity index (χ3n) is 6.20. The van der Waals surface area contributed by atoms with Crippen molar-refractivity contribution in [1.82, 2.24) is 4.90 Å². The van der Waals surface area contributed by atoms with Gasteiger partial charge in [0.15, 0.2) is 0 Å². The number of nitrogens with zero attached hydrogens (tertiary/aromatic N) is 1. The van der Waals surface area contributed by atoms with Crippen molar-refractivity contribution in [3.8, 4) is 23.0 Å². The van der Waals surface area contributed by atoms with E-state index in [1.165, 1.54) is 0 Å². The second kappa shape index (κ2) is 10.3. The van der Waals surface area contributed by atoms with Crippen LogP contribution in [0.5, 0.6) is 23.0 Å². The molecule has 174 valence electrons. The van der Waals surface area contributed by atoms with Crippen LogP contribution in [0, 0.1) is 0 Å². The molecule has 0 amide bonds. The van der Waals surface area contributed by atoms with Gasteiger partial charge in [-0.3, -0.25) is 0 Å². The highest BCUT2D eigenvalue weighted by Crippen LogP contribution is 2.50. The maximum Gasteiger partial charge on any atom is 0.137 e. The monoisotopic (exact) mass is 447 g/mol. The van der Waals surface area contributed by atoms with E-state index in [1.54, 1.807) is 0 Å². The van der Waals surface area contributed by atoms with E-state index in [2.05, 4.69) is 18.7 Å². The molecule has 3 aromatic carbocycles. The Labute approximate surface area is 196 Å². The molecule has 0 aromatic heterocycles. The molecule has 0 saturated heterocycles. The molecule has 0 radical (unpaired) electrons. The zero-order valence-electron chi connectivity index (χ0n) is 19.7. The number of aliphatic hydroxyl groups is 1. The first-order chi connectivity index (χ1) is 16.1. The zero-order chi connectivity index (χ0) is 23.3. The van der Waals surface area contributed by atoms with Crippen LogP contribution in [0.25, 0.3) is 0 Å². The molecule has 0 spiro atoms. The van der Waals surface area contributed by atoms with Gasteiger partial charge < -0.3 is 24.2 Å². The molecule has 1 aliphatic rings. The Morgan fingerprint density at radius 1 is 0.818 bits per heavy atom. The molecule has 33 heavy (non-hydrogen) atoms. The minimum absolute atomic E-state index is 0.438. The van der Waals surface area contributed by atoms with Crippen molar-refractivity contribution < 1.29 is 19.3 Å². The molecule has 5 heteroatoms. The number of benzene rings is 3. The molecule has 1 unspecified atom stereocenters. The first-order valence-electron chi connectivity index (χ1n) is 11.8. The van der Waals surface area contributed by atoms with Crippen LogP contribution in [0.15, 0.2) is 66.7 Å². The smallest absolute Gasteiger partial charge is 0.137 e. The minimum atomic E-state index is -1.23. The summed E-state index contributed by atoms with van der Waals surface area (Å²) in [5.74, 6) is 2.66. The molecule has 0 saturated carbocycles. The van der Waals surface area contributed by atoms with E-state index in [0.29, 0.717) is 36.9 Å². The fourth-order valence-corrected chi connectivity index (χ4v) is 4.38. The van der Waals surface area contributed by atoms with Crippen molar-refractivity contribution in [2.45, 2.75) is 32.8 Å². The molecule has 0 bridgehead atoms. The normalized spacial score (nSPS) is 16.6. The third-order valence-corrected chi connectivity index (χ3v) is 6.20. The number of ether oxygens (including phenoxy) is 3. The summed E-state index contributed by atoms with van der Waals surface area (Å²) in [6.07, 6.45) is 0.438. The Bertz CT molecular complexity index is 1060. The first-order valence-corrected chi connectivity index (χ1v) is 11.8. The molecule has 0 aliphatic carbocycles. The van der Waals surface area contributed by atoms with Gasteiger partial charge in [0.05, 0.1) is 6.61 Å². The van der Waals surface area contributed by atoms with Gasteiger partial charge in [0.1, 0.15) is 35.2 Å². The van der Waals surface area contributed by atoms with Crippen molar-refractivity contribution in [1.29, 1.82) is 0 Å². The average molecular weight is 448 g/mol. The van der Waals surface area contributed by atoms with Crippen LogP contribution in [-0.4, -0.2) is 42.9 Å². The maximum atomic E-state index is 12.1. The van der Waals surface area contributed by atoms with Gasteiger partial charge in [0.2, 0.25) is 0 Å². The first kappa shape index (κ1) is 23.1. The van der Waals surface area contributed by atoms with E-state index in [-0.39, 0.29) is 0 Å². The standard InChI is InChI=1S/C28H33NO4/c1-4-29(5-2)16-17-32-23-13-15-25-27(19-23)33-26-18-22(31-6-3)12-14-24(26)28(25,30)20-21-10-8-7-9-11-21/h7-15,18-19,30H,4-6,16-17,20H2,1-3H3. The van der Waals surface area contributed by atoms with Crippen LogP contribution < -0.4 is 14.2 Å². The molecule has 4 rings (SSSR count). The van der Waals surface area contributed by atoms with Gasteiger partial charge in [-0.25, -0.2) is 0 Å². The summed E-state index contributed by atoms with van der Waals surface area (Å²) < 4.78 is 18.0. The molecule has 5 nitrogen and oxygen atoms in total. The van der Waals surface area contributed by atoms with Gasteiger partial charge >= 0.3 is 0 Å². The number of fused-ring (bicyclic) bond motifs is 2. The number of rotatable bonds is 10. The van der Waals surface area contributed by atoms with Gasteiger partial charge in [-0.1, -0.05) is 44.2 Å². The van der Waals surface area contributed by atoms with Crippen LogP contribution in [0.4, 0.5) is 0 Å².